The molecule has 0 amide bonds. The number of esters is 1. The van der Waals surface area contributed by atoms with Gasteiger partial charge in [-0.05, 0) is 11.1 Å². The van der Waals surface area contributed by atoms with Crippen LogP contribution in [0, 0.1) is 0 Å². The highest BCUT2D eigenvalue weighted by molar-refractivity contribution is 7.13. The fraction of sp³-hybridized carbons (Fsp3) is 0.0833. The van der Waals surface area contributed by atoms with E-state index in [4.69, 9.17) is 4.74 Å². The molecule has 28 heavy (non-hydrogen) atoms. The van der Waals surface area contributed by atoms with Crippen LogP contribution in [-0.4, -0.2) is 11.0 Å². The second-order valence-corrected chi connectivity index (χ2v) is 7.23. The van der Waals surface area contributed by atoms with Crippen molar-refractivity contribution in [3.05, 3.63) is 113 Å². The Morgan fingerprint density at radius 3 is 1.93 bits per heavy atom. The first-order valence-electron chi connectivity index (χ1n) is 9.07. The number of carbonyl (C=O) groups is 1. The largest absolute Gasteiger partial charge is 0.458 e. The molecule has 0 saturated carbocycles. The lowest BCUT2D eigenvalue weighted by Crippen LogP contribution is -2.17. The van der Waals surface area contributed by atoms with Gasteiger partial charge in [-0.1, -0.05) is 91.0 Å². The van der Waals surface area contributed by atoms with Gasteiger partial charge >= 0.3 is 5.97 Å². The van der Waals surface area contributed by atoms with E-state index in [1.807, 2.05) is 96.4 Å². The van der Waals surface area contributed by atoms with Crippen LogP contribution in [0.4, 0.5) is 0 Å². The van der Waals surface area contributed by atoms with E-state index in [1.54, 1.807) is 11.3 Å². The summed E-state index contributed by atoms with van der Waals surface area (Å²) in [5, 5.41) is 2.87. The van der Waals surface area contributed by atoms with Gasteiger partial charge in [0.25, 0.3) is 0 Å². The fourth-order valence-corrected chi connectivity index (χ4v) is 3.88. The summed E-state index contributed by atoms with van der Waals surface area (Å²) in [6.45, 7) is 0.165. The van der Waals surface area contributed by atoms with E-state index in [0.29, 0.717) is 0 Å². The van der Waals surface area contributed by atoms with Crippen LogP contribution in [0.5, 0.6) is 0 Å². The van der Waals surface area contributed by atoms with E-state index in [9.17, 15) is 4.79 Å². The van der Waals surface area contributed by atoms with E-state index >= 15 is 0 Å². The van der Waals surface area contributed by atoms with Crippen molar-refractivity contribution in [1.82, 2.24) is 4.98 Å². The SMILES string of the molecule is O=C(OCc1csc(-c2ccccc2)n1)C(c1ccccc1)c1ccccc1. The number of ether oxygens (including phenoxy) is 1. The molecule has 0 fully saturated rings. The first-order chi connectivity index (χ1) is 13.8. The Kier molecular flexibility index (Phi) is 5.59. The van der Waals surface area contributed by atoms with E-state index in [-0.39, 0.29) is 12.6 Å². The number of hydrogen-bond donors (Lipinski definition) is 0. The number of nitrogens with zero attached hydrogens (tertiary/aromatic N) is 1. The molecule has 0 radical (unpaired) electrons. The minimum atomic E-state index is -0.449. The molecule has 0 saturated heterocycles. The maximum absolute atomic E-state index is 12.9. The van der Waals surface area contributed by atoms with Crippen LogP contribution >= 0.6 is 11.3 Å². The van der Waals surface area contributed by atoms with Crippen molar-refractivity contribution in [2.24, 2.45) is 0 Å². The molecule has 1 heterocycles. The van der Waals surface area contributed by atoms with Gasteiger partial charge in [0.2, 0.25) is 0 Å². The second-order valence-electron chi connectivity index (χ2n) is 6.37. The highest BCUT2D eigenvalue weighted by Crippen LogP contribution is 2.27. The van der Waals surface area contributed by atoms with Gasteiger partial charge in [0.15, 0.2) is 0 Å². The first-order valence-corrected chi connectivity index (χ1v) is 9.95. The predicted molar refractivity (Wildman–Crippen MR) is 112 cm³/mol. The zero-order chi connectivity index (χ0) is 19.2. The Bertz CT molecular complexity index is 990. The molecule has 0 N–H and O–H groups in total. The molecule has 0 aliphatic carbocycles. The van der Waals surface area contributed by atoms with Crippen LogP contribution in [-0.2, 0) is 16.1 Å². The molecule has 0 bridgehead atoms. The summed E-state index contributed by atoms with van der Waals surface area (Å²) in [6.07, 6.45) is 0. The van der Waals surface area contributed by atoms with E-state index < -0.39 is 5.92 Å². The number of hydrogen-bond acceptors (Lipinski definition) is 4. The Morgan fingerprint density at radius 2 is 1.36 bits per heavy atom. The molecule has 0 spiro atoms. The first kappa shape index (κ1) is 18.1. The third-order valence-corrected chi connectivity index (χ3v) is 5.38. The van der Waals surface area contributed by atoms with Gasteiger partial charge in [-0.25, -0.2) is 4.98 Å². The minimum Gasteiger partial charge on any atom is -0.458 e. The molecular weight excluding hydrogens is 366 g/mol. The summed E-state index contributed by atoms with van der Waals surface area (Å²) in [6, 6.07) is 29.4. The van der Waals surface area contributed by atoms with Crippen LogP contribution in [0.1, 0.15) is 22.7 Å². The average molecular weight is 385 g/mol. The Hall–Kier alpha value is -3.24. The van der Waals surface area contributed by atoms with Crippen molar-refractivity contribution in [2.45, 2.75) is 12.5 Å². The summed E-state index contributed by atoms with van der Waals surface area (Å²) >= 11 is 1.55. The average Bonchev–Trinajstić information content (AvgIpc) is 3.24. The lowest BCUT2D eigenvalue weighted by molar-refractivity contribution is -0.145. The lowest BCUT2D eigenvalue weighted by Gasteiger charge is -2.16. The third-order valence-electron chi connectivity index (χ3n) is 4.44. The third kappa shape index (κ3) is 4.18. The number of aromatic nitrogens is 1. The van der Waals surface area contributed by atoms with Crippen molar-refractivity contribution in [3.63, 3.8) is 0 Å². The van der Waals surface area contributed by atoms with Crippen molar-refractivity contribution in [1.29, 1.82) is 0 Å². The van der Waals surface area contributed by atoms with Gasteiger partial charge in [-0.2, -0.15) is 0 Å². The second kappa shape index (κ2) is 8.63. The van der Waals surface area contributed by atoms with Crippen molar-refractivity contribution in [3.8, 4) is 10.6 Å². The molecule has 4 heteroatoms. The number of rotatable bonds is 6. The molecule has 1 aromatic heterocycles. The van der Waals surface area contributed by atoms with Gasteiger partial charge in [-0.3, -0.25) is 4.79 Å². The van der Waals surface area contributed by atoms with Crippen molar-refractivity contribution >= 4 is 17.3 Å². The van der Waals surface area contributed by atoms with Crippen molar-refractivity contribution < 1.29 is 9.53 Å². The van der Waals surface area contributed by atoms with Crippen molar-refractivity contribution in [2.75, 3.05) is 0 Å². The van der Waals surface area contributed by atoms with Gasteiger partial charge in [0.1, 0.15) is 17.5 Å². The van der Waals surface area contributed by atoms with Crippen LogP contribution in [0.25, 0.3) is 10.6 Å². The van der Waals surface area contributed by atoms with Gasteiger partial charge < -0.3 is 4.74 Å². The van der Waals surface area contributed by atoms with Crippen LogP contribution < -0.4 is 0 Å². The molecule has 0 unspecified atom stereocenters. The molecule has 4 rings (SSSR count). The summed E-state index contributed by atoms with van der Waals surface area (Å²) in [5.41, 5.74) is 3.66. The molecule has 0 aliphatic heterocycles. The standard InChI is InChI=1S/C24H19NO2S/c26-24(22(18-10-4-1-5-11-18)19-12-6-2-7-13-19)27-16-21-17-28-23(25-21)20-14-8-3-9-15-20/h1-15,17,22H,16H2. The fourth-order valence-electron chi connectivity index (χ4n) is 3.07. The van der Waals surface area contributed by atoms with Gasteiger partial charge in [0.05, 0.1) is 5.69 Å². The number of thiazole rings is 1. The van der Waals surface area contributed by atoms with Crippen LogP contribution in [0.2, 0.25) is 0 Å². The summed E-state index contributed by atoms with van der Waals surface area (Å²) in [7, 11) is 0. The minimum absolute atomic E-state index is 0.165. The van der Waals surface area contributed by atoms with E-state index in [2.05, 4.69) is 4.98 Å². The number of carbonyl (C=O) groups excluding carboxylic acids is 1. The summed E-state index contributed by atoms with van der Waals surface area (Å²) in [4.78, 5) is 17.5. The Morgan fingerprint density at radius 1 is 0.821 bits per heavy atom. The Balaban J connectivity index is 1.50. The van der Waals surface area contributed by atoms with Crippen LogP contribution in [0.15, 0.2) is 96.4 Å². The maximum Gasteiger partial charge on any atom is 0.318 e. The summed E-state index contributed by atoms with van der Waals surface area (Å²) in [5.74, 6) is -0.721. The lowest BCUT2D eigenvalue weighted by atomic mass is 9.91. The molecule has 0 aliphatic rings. The topological polar surface area (TPSA) is 39.2 Å². The van der Waals surface area contributed by atoms with Gasteiger partial charge in [0, 0.05) is 10.9 Å². The monoisotopic (exact) mass is 385 g/mol. The predicted octanol–water partition coefficient (Wildman–Crippen LogP) is 5.69. The highest BCUT2D eigenvalue weighted by atomic mass is 32.1. The molecule has 4 aromatic rings. The maximum atomic E-state index is 12.9. The Labute approximate surface area is 168 Å². The molecular formula is C24H19NO2S. The zero-order valence-electron chi connectivity index (χ0n) is 15.2. The highest BCUT2D eigenvalue weighted by Gasteiger charge is 2.24. The quantitative estimate of drug-likeness (QED) is 0.401. The normalized spacial score (nSPS) is 10.8. The molecule has 138 valence electrons. The van der Waals surface area contributed by atoms with E-state index in [1.165, 1.54) is 0 Å². The van der Waals surface area contributed by atoms with Gasteiger partial charge in [-0.15, -0.1) is 11.3 Å². The van der Waals surface area contributed by atoms with E-state index in [0.717, 1.165) is 27.4 Å². The molecule has 3 aromatic carbocycles. The molecule has 0 atom stereocenters. The number of benzene rings is 3. The van der Waals surface area contributed by atoms with Crippen LogP contribution in [0.3, 0.4) is 0 Å². The molecule has 3 nitrogen and oxygen atoms in total. The smallest absolute Gasteiger partial charge is 0.318 e. The summed E-state index contributed by atoms with van der Waals surface area (Å²) < 4.78 is 5.65. The zero-order valence-corrected chi connectivity index (χ0v) is 16.0.